The minimum atomic E-state index is -4.39. The highest BCUT2D eigenvalue weighted by molar-refractivity contribution is 7.47. The van der Waals surface area contributed by atoms with Gasteiger partial charge in [0.15, 0.2) is 0 Å². The van der Waals surface area contributed by atoms with Crippen LogP contribution in [0.5, 0.6) is 0 Å². The van der Waals surface area contributed by atoms with Crippen LogP contribution >= 0.6 is 7.82 Å². The second-order valence-corrected chi connectivity index (χ2v) is 12.6. The Labute approximate surface area is 262 Å². The Balaban J connectivity index is 4.64. The molecule has 0 aliphatic heterocycles. The highest BCUT2D eigenvalue weighted by atomic mass is 31.2. The average Bonchev–Trinajstić information content (AvgIpc) is 2.97. The third-order valence-corrected chi connectivity index (χ3v) is 7.99. The van der Waals surface area contributed by atoms with Gasteiger partial charge in [0.25, 0.3) is 0 Å². The van der Waals surface area contributed by atoms with E-state index >= 15 is 0 Å². The molecule has 4 unspecified atom stereocenters. The molecule has 0 spiro atoms. The summed E-state index contributed by atoms with van der Waals surface area (Å²) in [5.41, 5.74) is 5.32. The molecule has 10 heteroatoms. The van der Waals surface area contributed by atoms with Crippen molar-refractivity contribution in [2.24, 2.45) is 5.73 Å². The van der Waals surface area contributed by atoms with E-state index in [1.54, 1.807) is 12.2 Å². The number of rotatable bonds is 30. The van der Waals surface area contributed by atoms with Crippen LogP contribution in [0.2, 0.25) is 0 Å². The largest absolute Gasteiger partial charge is 0.472 e. The molecule has 1 amide bonds. The highest BCUT2D eigenvalue weighted by Crippen LogP contribution is 2.43. The molecule has 9 nitrogen and oxygen atoms in total. The number of carbonyl (C=O) groups is 1. The van der Waals surface area contributed by atoms with Gasteiger partial charge in [-0.25, -0.2) is 4.57 Å². The van der Waals surface area contributed by atoms with E-state index in [9.17, 15) is 24.5 Å². The van der Waals surface area contributed by atoms with Crippen molar-refractivity contribution in [3.05, 3.63) is 36.5 Å². The van der Waals surface area contributed by atoms with Gasteiger partial charge in [0.05, 0.1) is 37.9 Å². The van der Waals surface area contributed by atoms with E-state index in [4.69, 9.17) is 14.8 Å². The first-order valence-electron chi connectivity index (χ1n) is 16.7. The topological polar surface area (TPSA) is 151 Å². The van der Waals surface area contributed by atoms with Gasteiger partial charge in [-0.05, 0) is 38.5 Å². The van der Waals surface area contributed by atoms with E-state index in [0.717, 1.165) is 44.9 Å². The molecule has 6 N–H and O–H groups in total. The van der Waals surface area contributed by atoms with Crippen LogP contribution in [0.25, 0.3) is 0 Å². The second kappa shape index (κ2) is 29.4. The maximum atomic E-state index is 12.6. The van der Waals surface area contributed by atoms with Gasteiger partial charge in [0.1, 0.15) is 0 Å². The van der Waals surface area contributed by atoms with Gasteiger partial charge in [0, 0.05) is 6.54 Å². The van der Waals surface area contributed by atoms with Crippen molar-refractivity contribution >= 4 is 13.7 Å². The van der Waals surface area contributed by atoms with Crippen molar-refractivity contribution < 1.29 is 33.5 Å². The van der Waals surface area contributed by atoms with Gasteiger partial charge in [0.2, 0.25) is 5.91 Å². The molecule has 0 aromatic heterocycles. The molecule has 0 saturated carbocycles. The summed E-state index contributed by atoms with van der Waals surface area (Å²) in [6, 6.07) is -0.999. The number of nitrogens with one attached hydrogen (secondary N) is 1. The maximum absolute atomic E-state index is 12.6. The summed E-state index contributed by atoms with van der Waals surface area (Å²) in [5.74, 6) is -0.466. The Morgan fingerprint density at radius 1 is 0.791 bits per heavy atom. The van der Waals surface area contributed by atoms with E-state index in [0.29, 0.717) is 12.8 Å². The zero-order chi connectivity index (χ0) is 32.0. The van der Waals surface area contributed by atoms with Crippen LogP contribution in [0.3, 0.4) is 0 Å². The van der Waals surface area contributed by atoms with Crippen LogP contribution in [-0.2, 0) is 18.4 Å². The first-order chi connectivity index (χ1) is 20.8. The van der Waals surface area contributed by atoms with Crippen LogP contribution in [0.1, 0.15) is 129 Å². The van der Waals surface area contributed by atoms with Crippen LogP contribution in [-0.4, -0.2) is 59.0 Å². The van der Waals surface area contributed by atoms with E-state index < -0.39 is 38.6 Å². The summed E-state index contributed by atoms with van der Waals surface area (Å²) in [5, 5.41) is 23.7. The number of allylic oxidation sites excluding steroid dienone is 5. The Morgan fingerprint density at radius 3 is 1.91 bits per heavy atom. The van der Waals surface area contributed by atoms with E-state index in [1.165, 1.54) is 51.4 Å². The lowest BCUT2D eigenvalue weighted by Gasteiger charge is -2.24. The number of nitrogens with two attached hydrogens (primary N) is 1. The van der Waals surface area contributed by atoms with Gasteiger partial charge in [-0.2, -0.15) is 0 Å². The Morgan fingerprint density at radius 2 is 1.33 bits per heavy atom. The fourth-order valence-corrected chi connectivity index (χ4v) is 5.19. The molecule has 252 valence electrons. The monoisotopic (exact) mass is 630 g/mol. The quantitative estimate of drug-likeness (QED) is 0.0323. The number of carbonyl (C=O) groups excluding carboxylic acids is 1. The number of phosphoric acid groups is 1. The predicted octanol–water partition coefficient (Wildman–Crippen LogP) is 7.02. The smallest absolute Gasteiger partial charge is 0.393 e. The molecular weight excluding hydrogens is 567 g/mol. The van der Waals surface area contributed by atoms with Gasteiger partial charge < -0.3 is 26.2 Å². The van der Waals surface area contributed by atoms with Crippen LogP contribution in [0, 0.1) is 0 Å². The highest BCUT2D eigenvalue weighted by Gasteiger charge is 2.27. The molecule has 0 radical (unpaired) electrons. The maximum Gasteiger partial charge on any atom is 0.472 e. The molecule has 0 fully saturated rings. The lowest BCUT2D eigenvalue weighted by Crippen LogP contribution is -2.46. The SMILES string of the molecule is CCCC/C=C/CC/C=C/CC/C=C/C(O)C(COP(=O)(O)OCCN)NC(=O)CC(O)CCCCCCCCCCC. The van der Waals surface area contributed by atoms with Crippen molar-refractivity contribution in [1.29, 1.82) is 0 Å². The number of unbranched alkanes of at least 4 members (excludes halogenated alkanes) is 12. The molecular formula is C33H63N2O7P. The van der Waals surface area contributed by atoms with Crippen molar-refractivity contribution in [3.63, 3.8) is 0 Å². The van der Waals surface area contributed by atoms with Crippen molar-refractivity contribution in [1.82, 2.24) is 5.32 Å². The molecule has 0 aliphatic rings. The number of aliphatic hydroxyl groups excluding tert-OH is 2. The Hall–Kier alpha value is -1.32. The lowest BCUT2D eigenvalue weighted by atomic mass is 10.0. The summed E-state index contributed by atoms with van der Waals surface area (Å²) in [6.07, 6.45) is 28.1. The van der Waals surface area contributed by atoms with Crippen LogP contribution in [0.4, 0.5) is 0 Å². The molecule has 0 heterocycles. The Bertz CT molecular complexity index is 791. The zero-order valence-electron chi connectivity index (χ0n) is 27.0. The van der Waals surface area contributed by atoms with Crippen molar-refractivity contribution in [3.8, 4) is 0 Å². The lowest BCUT2D eigenvalue weighted by molar-refractivity contribution is -0.124. The summed E-state index contributed by atoms with van der Waals surface area (Å²) in [6.45, 7) is 3.83. The van der Waals surface area contributed by atoms with Gasteiger partial charge in [-0.15, -0.1) is 0 Å². The third kappa shape index (κ3) is 27.9. The fourth-order valence-electron chi connectivity index (χ4n) is 4.43. The minimum absolute atomic E-state index is 0.0421. The van der Waals surface area contributed by atoms with Crippen LogP contribution < -0.4 is 11.1 Å². The molecule has 0 bridgehead atoms. The first kappa shape index (κ1) is 41.7. The van der Waals surface area contributed by atoms with Crippen LogP contribution in [0.15, 0.2) is 36.5 Å². The normalized spacial score (nSPS) is 15.8. The van der Waals surface area contributed by atoms with Crippen molar-refractivity contribution in [2.45, 2.75) is 148 Å². The number of hydrogen-bond donors (Lipinski definition) is 5. The van der Waals surface area contributed by atoms with E-state index in [2.05, 4.69) is 43.5 Å². The van der Waals surface area contributed by atoms with E-state index in [-0.39, 0.29) is 19.6 Å². The number of hydrogen-bond acceptors (Lipinski definition) is 7. The fraction of sp³-hybridized carbons (Fsp3) is 0.788. The third-order valence-electron chi connectivity index (χ3n) is 7.00. The second-order valence-electron chi connectivity index (χ2n) is 11.2. The number of aliphatic hydroxyl groups is 2. The molecule has 4 atom stereocenters. The summed E-state index contributed by atoms with van der Waals surface area (Å²) >= 11 is 0. The minimum Gasteiger partial charge on any atom is -0.393 e. The molecule has 0 aromatic carbocycles. The summed E-state index contributed by atoms with van der Waals surface area (Å²) in [7, 11) is -4.39. The number of phosphoric ester groups is 1. The average molecular weight is 631 g/mol. The Kier molecular flexibility index (Phi) is 28.5. The summed E-state index contributed by atoms with van der Waals surface area (Å²) in [4.78, 5) is 22.5. The van der Waals surface area contributed by atoms with Gasteiger partial charge >= 0.3 is 7.82 Å². The molecule has 0 saturated heterocycles. The standard InChI is InChI=1S/C33H63N2O7P/c1-3-5-7-9-11-13-14-15-17-19-21-23-25-32(37)31(29-42-43(39,40)41-27-26-34)35-33(38)28-30(36)24-22-20-18-16-12-10-8-6-4-2/h9,11,15,17,23,25,30-32,36-37H,3-8,10,12-14,16,18-22,24,26-29,34H2,1-2H3,(H,35,38)(H,39,40)/b11-9+,17-15+,25-23+. The molecule has 0 aliphatic carbocycles. The van der Waals surface area contributed by atoms with Crippen molar-refractivity contribution in [2.75, 3.05) is 19.8 Å². The summed E-state index contributed by atoms with van der Waals surface area (Å²) < 4.78 is 21.9. The molecule has 0 rings (SSSR count). The van der Waals surface area contributed by atoms with E-state index in [1.807, 2.05) is 0 Å². The van der Waals surface area contributed by atoms with Gasteiger partial charge in [-0.3, -0.25) is 13.8 Å². The first-order valence-corrected chi connectivity index (χ1v) is 18.2. The molecule has 0 aromatic rings. The zero-order valence-corrected chi connectivity index (χ0v) is 27.9. The number of amides is 1. The van der Waals surface area contributed by atoms with Gasteiger partial charge in [-0.1, -0.05) is 121 Å². The molecule has 43 heavy (non-hydrogen) atoms. The predicted molar refractivity (Wildman–Crippen MR) is 177 cm³/mol.